The van der Waals surface area contributed by atoms with Gasteiger partial charge in [-0.15, -0.1) is 0 Å². The Morgan fingerprint density at radius 1 is 1.32 bits per heavy atom. The van der Waals surface area contributed by atoms with Crippen molar-refractivity contribution in [2.75, 3.05) is 26.4 Å². The number of nitrogens with one attached hydrogen (secondary N) is 2. The van der Waals surface area contributed by atoms with Crippen molar-refractivity contribution in [2.45, 2.75) is 31.4 Å². The van der Waals surface area contributed by atoms with Crippen LogP contribution >= 0.6 is 0 Å². The lowest BCUT2D eigenvalue weighted by atomic mass is 10.0. The third-order valence-corrected chi connectivity index (χ3v) is 3.49. The summed E-state index contributed by atoms with van der Waals surface area (Å²) in [6.07, 6.45) is 3.15. The average Bonchev–Trinajstić information content (AvgIpc) is 2.99. The van der Waals surface area contributed by atoms with E-state index in [1.807, 2.05) is 0 Å². The summed E-state index contributed by atoms with van der Waals surface area (Å²) in [5.74, 6) is -1.61. The summed E-state index contributed by atoms with van der Waals surface area (Å²) in [7, 11) is 0. The SMILES string of the molecule is O=C(NCCC1CCCO1)NC1COCC1C(=O)O. The van der Waals surface area contributed by atoms with E-state index in [-0.39, 0.29) is 25.3 Å². The fourth-order valence-corrected chi connectivity index (χ4v) is 2.38. The number of carboxylic acids is 1. The summed E-state index contributed by atoms with van der Waals surface area (Å²) in [5.41, 5.74) is 0. The molecule has 2 amide bonds. The van der Waals surface area contributed by atoms with E-state index in [0.29, 0.717) is 6.54 Å². The number of urea groups is 1. The molecule has 3 unspecified atom stereocenters. The van der Waals surface area contributed by atoms with Crippen molar-refractivity contribution in [3.05, 3.63) is 0 Å². The summed E-state index contributed by atoms with van der Waals surface area (Å²) in [6, 6.07) is -0.806. The molecule has 0 aromatic heterocycles. The van der Waals surface area contributed by atoms with Gasteiger partial charge in [0.15, 0.2) is 0 Å². The lowest BCUT2D eigenvalue weighted by Gasteiger charge is -2.16. The third kappa shape index (κ3) is 4.07. The fourth-order valence-electron chi connectivity index (χ4n) is 2.38. The van der Waals surface area contributed by atoms with E-state index in [0.717, 1.165) is 25.9 Å². The van der Waals surface area contributed by atoms with Crippen molar-refractivity contribution in [3.8, 4) is 0 Å². The van der Waals surface area contributed by atoms with E-state index < -0.39 is 17.9 Å². The van der Waals surface area contributed by atoms with E-state index in [4.69, 9.17) is 14.6 Å². The Labute approximate surface area is 111 Å². The Bertz CT molecular complexity index is 330. The van der Waals surface area contributed by atoms with Gasteiger partial charge < -0.3 is 25.2 Å². The van der Waals surface area contributed by atoms with Gasteiger partial charge in [0.1, 0.15) is 5.92 Å². The highest BCUT2D eigenvalue weighted by atomic mass is 16.5. The Kier molecular flexibility index (Phi) is 4.98. The minimum absolute atomic E-state index is 0.149. The normalized spacial score (nSPS) is 30.2. The Morgan fingerprint density at radius 2 is 2.16 bits per heavy atom. The summed E-state index contributed by atoms with van der Waals surface area (Å²) < 4.78 is 10.5. The standard InChI is InChI=1S/C12H20N2O5/c15-11(16)9-6-18-7-10(9)14-12(17)13-4-3-8-2-1-5-19-8/h8-10H,1-7H2,(H,15,16)(H2,13,14,17). The summed E-state index contributed by atoms with van der Waals surface area (Å²) in [4.78, 5) is 22.5. The number of hydrogen-bond donors (Lipinski definition) is 3. The highest BCUT2D eigenvalue weighted by molar-refractivity contribution is 5.77. The van der Waals surface area contributed by atoms with Gasteiger partial charge in [0.25, 0.3) is 0 Å². The minimum atomic E-state index is -0.942. The zero-order valence-corrected chi connectivity index (χ0v) is 10.8. The van der Waals surface area contributed by atoms with Crippen molar-refractivity contribution < 1.29 is 24.2 Å². The van der Waals surface area contributed by atoms with Crippen molar-refractivity contribution in [1.82, 2.24) is 10.6 Å². The van der Waals surface area contributed by atoms with E-state index in [9.17, 15) is 9.59 Å². The maximum absolute atomic E-state index is 11.6. The van der Waals surface area contributed by atoms with Crippen LogP contribution < -0.4 is 10.6 Å². The van der Waals surface area contributed by atoms with Gasteiger partial charge in [-0.3, -0.25) is 4.79 Å². The van der Waals surface area contributed by atoms with E-state index in [2.05, 4.69) is 10.6 Å². The highest BCUT2D eigenvalue weighted by Crippen LogP contribution is 2.15. The molecule has 7 nitrogen and oxygen atoms in total. The van der Waals surface area contributed by atoms with Crippen LogP contribution in [0.5, 0.6) is 0 Å². The Balaban J connectivity index is 1.64. The van der Waals surface area contributed by atoms with Gasteiger partial charge >= 0.3 is 12.0 Å². The smallest absolute Gasteiger partial charge is 0.315 e. The Morgan fingerprint density at radius 3 is 2.84 bits per heavy atom. The predicted molar refractivity (Wildman–Crippen MR) is 65.9 cm³/mol. The first-order valence-electron chi connectivity index (χ1n) is 6.63. The monoisotopic (exact) mass is 272 g/mol. The second-order valence-electron chi connectivity index (χ2n) is 4.91. The van der Waals surface area contributed by atoms with E-state index in [1.54, 1.807) is 0 Å². The van der Waals surface area contributed by atoms with Gasteiger partial charge in [0, 0.05) is 13.2 Å². The van der Waals surface area contributed by atoms with Crippen molar-refractivity contribution in [2.24, 2.45) is 5.92 Å². The predicted octanol–water partition coefficient (Wildman–Crippen LogP) is -0.0457. The molecule has 0 aromatic carbocycles. The summed E-state index contributed by atoms with van der Waals surface area (Å²) in [6.45, 7) is 1.73. The van der Waals surface area contributed by atoms with Crippen LogP contribution in [0, 0.1) is 5.92 Å². The fraction of sp³-hybridized carbons (Fsp3) is 0.833. The lowest BCUT2D eigenvalue weighted by Crippen LogP contribution is -2.47. The van der Waals surface area contributed by atoms with Crippen LogP contribution in [0.2, 0.25) is 0 Å². The van der Waals surface area contributed by atoms with Gasteiger partial charge in [-0.05, 0) is 19.3 Å². The van der Waals surface area contributed by atoms with Crippen LogP contribution in [-0.4, -0.2) is 55.6 Å². The molecule has 108 valence electrons. The molecule has 0 radical (unpaired) electrons. The number of amides is 2. The molecule has 2 saturated heterocycles. The van der Waals surface area contributed by atoms with Gasteiger partial charge in [0.05, 0.1) is 25.4 Å². The number of aliphatic carboxylic acids is 1. The van der Waals surface area contributed by atoms with Crippen molar-refractivity contribution in [3.63, 3.8) is 0 Å². The van der Waals surface area contributed by atoms with E-state index in [1.165, 1.54) is 0 Å². The molecule has 0 aromatic rings. The molecule has 2 aliphatic heterocycles. The molecule has 2 fully saturated rings. The van der Waals surface area contributed by atoms with Crippen LogP contribution in [0.3, 0.4) is 0 Å². The van der Waals surface area contributed by atoms with E-state index >= 15 is 0 Å². The molecule has 2 heterocycles. The van der Waals surface area contributed by atoms with Crippen LogP contribution in [-0.2, 0) is 14.3 Å². The quantitative estimate of drug-likeness (QED) is 0.652. The van der Waals surface area contributed by atoms with Gasteiger partial charge in [0.2, 0.25) is 0 Å². The van der Waals surface area contributed by atoms with Crippen molar-refractivity contribution >= 4 is 12.0 Å². The maximum Gasteiger partial charge on any atom is 0.315 e. The maximum atomic E-state index is 11.6. The molecule has 2 rings (SSSR count). The average molecular weight is 272 g/mol. The van der Waals surface area contributed by atoms with Crippen molar-refractivity contribution in [1.29, 1.82) is 0 Å². The number of rotatable bonds is 5. The molecule has 0 aliphatic carbocycles. The summed E-state index contributed by atoms with van der Waals surface area (Å²) in [5, 5.41) is 14.3. The zero-order chi connectivity index (χ0) is 13.7. The highest BCUT2D eigenvalue weighted by Gasteiger charge is 2.35. The first-order valence-corrected chi connectivity index (χ1v) is 6.63. The van der Waals surface area contributed by atoms with Crippen LogP contribution in [0.15, 0.2) is 0 Å². The number of ether oxygens (including phenoxy) is 2. The van der Waals surface area contributed by atoms with Crippen LogP contribution in [0.25, 0.3) is 0 Å². The van der Waals surface area contributed by atoms with Gasteiger partial charge in [-0.25, -0.2) is 4.79 Å². The first-order chi connectivity index (χ1) is 9.16. The van der Waals surface area contributed by atoms with Gasteiger partial charge in [-0.1, -0.05) is 0 Å². The molecule has 7 heteroatoms. The molecule has 19 heavy (non-hydrogen) atoms. The first kappa shape index (κ1) is 14.1. The third-order valence-electron chi connectivity index (χ3n) is 3.49. The number of carbonyl (C=O) groups excluding carboxylic acids is 1. The lowest BCUT2D eigenvalue weighted by molar-refractivity contribution is -0.142. The second-order valence-corrected chi connectivity index (χ2v) is 4.91. The summed E-state index contributed by atoms with van der Waals surface area (Å²) >= 11 is 0. The largest absolute Gasteiger partial charge is 0.481 e. The molecule has 0 bridgehead atoms. The molecule has 0 spiro atoms. The van der Waals surface area contributed by atoms with Crippen LogP contribution in [0.1, 0.15) is 19.3 Å². The Hall–Kier alpha value is -1.34. The molecule has 2 aliphatic rings. The number of carboxylic acid groups (broad SMARTS) is 1. The molecule has 0 saturated carbocycles. The zero-order valence-electron chi connectivity index (χ0n) is 10.8. The molecular weight excluding hydrogens is 252 g/mol. The topological polar surface area (TPSA) is 96.9 Å². The second kappa shape index (κ2) is 6.72. The molecule has 3 atom stereocenters. The molecular formula is C12H20N2O5. The molecule has 3 N–H and O–H groups in total. The minimum Gasteiger partial charge on any atom is -0.481 e. The van der Waals surface area contributed by atoms with Crippen LogP contribution in [0.4, 0.5) is 4.79 Å². The number of hydrogen-bond acceptors (Lipinski definition) is 4. The van der Waals surface area contributed by atoms with Gasteiger partial charge in [-0.2, -0.15) is 0 Å². The number of carbonyl (C=O) groups is 2.